The molecule has 2 aromatic carbocycles. The van der Waals surface area contributed by atoms with E-state index >= 15 is 0 Å². The number of nitrogens with one attached hydrogen (secondary N) is 3. The van der Waals surface area contributed by atoms with Crippen molar-refractivity contribution in [2.75, 3.05) is 54.8 Å². The van der Waals surface area contributed by atoms with E-state index in [1.807, 2.05) is 18.2 Å². The van der Waals surface area contributed by atoms with Gasteiger partial charge in [0.05, 0.1) is 19.9 Å². The molecule has 3 aromatic rings. The fourth-order valence-electron chi connectivity index (χ4n) is 3.82. The molecule has 3 N–H and O–H groups in total. The first kappa shape index (κ1) is 23.1. The molecule has 0 spiro atoms. The summed E-state index contributed by atoms with van der Waals surface area (Å²) in [5.74, 6) is 1.25. The number of benzene rings is 2. The van der Waals surface area contributed by atoms with Crippen molar-refractivity contribution < 1.29 is 14.3 Å². The lowest BCUT2D eigenvalue weighted by molar-refractivity contribution is -0.111. The summed E-state index contributed by atoms with van der Waals surface area (Å²) in [5, 5.41) is 9.46. The van der Waals surface area contributed by atoms with E-state index in [2.05, 4.69) is 44.5 Å². The topological polar surface area (TPSA) is 101 Å². The molecular weight excluding hydrogens is 432 g/mol. The third-order valence-electron chi connectivity index (χ3n) is 5.43. The minimum absolute atomic E-state index is 0.280. The predicted molar refractivity (Wildman–Crippen MR) is 135 cm³/mol. The molecule has 1 aromatic heterocycles. The summed E-state index contributed by atoms with van der Waals surface area (Å²) in [5.41, 5.74) is 4.78. The maximum Gasteiger partial charge on any atom is 0.247 e. The van der Waals surface area contributed by atoms with Crippen LogP contribution < -0.4 is 25.6 Å². The van der Waals surface area contributed by atoms with Crippen LogP contribution in [0.15, 0.2) is 61.3 Å². The van der Waals surface area contributed by atoms with Crippen molar-refractivity contribution in [2.45, 2.75) is 6.42 Å². The molecule has 176 valence electrons. The second-order valence-corrected chi connectivity index (χ2v) is 7.61. The lowest BCUT2D eigenvalue weighted by Crippen LogP contribution is -2.25. The Morgan fingerprint density at radius 1 is 1.24 bits per heavy atom. The fourth-order valence-corrected chi connectivity index (χ4v) is 3.82. The van der Waals surface area contributed by atoms with Crippen molar-refractivity contribution in [3.8, 4) is 5.75 Å². The number of rotatable bonds is 10. The van der Waals surface area contributed by atoms with Gasteiger partial charge in [-0.1, -0.05) is 18.7 Å². The number of carbonyl (C=O) groups excluding carboxylic acids is 1. The van der Waals surface area contributed by atoms with E-state index in [0.29, 0.717) is 36.4 Å². The molecule has 1 amide bonds. The van der Waals surface area contributed by atoms with Crippen molar-refractivity contribution >= 4 is 40.4 Å². The summed E-state index contributed by atoms with van der Waals surface area (Å²) in [6, 6.07) is 13.5. The Hall–Kier alpha value is -4.11. The van der Waals surface area contributed by atoms with Crippen LogP contribution in [0.2, 0.25) is 0 Å². The van der Waals surface area contributed by atoms with E-state index in [0.717, 1.165) is 30.0 Å². The molecule has 9 nitrogen and oxygen atoms in total. The molecule has 4 rings (SSSR count). The largest absolute Gasteiger partial charge is 0.491 e. The van der Waals surface area contributed by atoms with Gasteiger partial charge >= 0.3 is 0 Å². The highest BCUT2D eigenvalue weighted by molar-refractivity contribution is 5.99. The van der Waals surface area contributed by atoms with Crippen LogP contribution in [0.4, 0.5) is 34.5 Å². The zero-order valence-corrected chi connectivity index (χ0v) is 19.3. The zero-order chi connectivity index (χ0) is 23.9. The number of nitrogens with zero attached hydrogens (tertiary/aromatic N) is 3. The van der Waals surface area contributed by atoms with Gasteiger partial charge in [0.1, 0.15) is 0 Å². The van der Waals surface area contributed by atoms with Gasteiger partial charge in [-0.15, -0.1) is 0 Å². The number of amides is 1. The number of hydrogen-bond donors (Lipinski definition) is 3. The van der Waals surface area contributed by atoms with E-state index in [-0.39, 0.29) is 5.91 Å². The number of hydrogen-bond acceptors (Lipinski definition) is 8. The van der Waals surface area contributed by atoms with Crippen LogP contribution in [0.1, 0.15) is 5.56 Å². The average molecular weight is 461 g/mol. The molecule has 0 saturated heterocycles. The van der Waals surface area contributed by atoms with Gasteiger partial charge in [0.2, 0.25) is 11.9 Å². The predicted octanol–water partition coefficient (Wildman–Crippen LogP) is 4.11. The smallest absolute Gasteiger partial charge is 0.247 e. The second-order valence-electron chi connectivity index (χ2n) is 7.61. The molecule has 1 aliphatic heterocycles. The summed E-state index contributed by atoms with van der Waals surface area (Å²) in [6.45, 7) is 5.49. The van der Waals surface area contributed by atoms with Gasteiger partial charge in [-0.25, -0.2) is 4.98 Å². The standard InChI is InChI=1S/C25H28N6O3/c1-4-23(32)28-17-7-5-8-18(15-17)29-24-22(34-3)16-27-25(30-24)31(13-14-33-2)21-10-6-9-20-19(21)11-12-26-20/h4-10,15-16,26H,1,11-14H2,2-3H3,(H,28,32)(H,27,29,30). The Morgan fingerprint density at radius 3 is 2.85 bits per heavy atom. The zero-order valence-electron chi connectivity index (χ0n) is 19.3. The minimum atomic E-state index is -0.280. The van der Waals surface area contributed by atoms with E-state index in [9.17, 15) is 4.79 Å². The quantitative estimate of drug-likeness (QED) is 0.389. The summed E-state index contributed by atoms with van der Waals surface area (Å²) in [7, 11) is 3.25. The minimum Gasteiger partial charge on any atom is -0.491 e. The van der Waals surface area contributed by atoms with Crippen molar-refractivity contribution in [3.05, 3.63) is 66.9 Å². The Morgan fingerprint density at radius 2 is 2.06 bits per heavy atom. The van der Waals surface area contributed by atoms with E-state index in [4.69, 9.17) is 14.5 Å². The number of methoxy groups -OCH3 is 2. The molecule has 0 saturated carbocycles. The first-order valence-corrected chi connectivity index (χ1v) is 11.0. The molecule has 34 heavy (non-hydrogen) atoms. The Kier molecular flexibility index (Phi) is 7.24. The lowest BCUT2D eigenvalue weighted by Gasteiger charge is -2.25. The van der Waals surface area contributed by atoms with Crippen LogP contribution in [0.25, 0.3) is 0 Å². The second kappa shape index (κ2) is 10.7. The number of fused-ring (bicyclic) bond motifs is 1. The Balaban J connectivity index is 1.68. The highest BCUT2D eigenvalue weighted by Gasteiger charge is 2.22. The molecule has 1 aliphatic rings. The van der Waals surface area contributed by atoms with Gasteiger partial charge in [-0.3, -0.25) is 4.79 Å². The van der Waals surface area contributed by atoms with Crippen LogP contribution in [-0.2, 0) is 16.0 Å². The number of carbonyl (C=O) groups is 1. The summed E-state index contributed by atoms with van der Waals surface area (Å²) < 4.78 is 10.9. The van der Waals surface area contributed by atoms with Crippen molar-refractivity contribution in [1.29, 1.82) is 0 Å². The maximum absolute atomic E-state index is 11.7. The molecule has 9 heteroatoms. The lowest BCUT2D eigenvalue weighted by atomic mass is 10.1. The van der Waals surface area contributed by atoms with Crippen LogP contribution in [-0.4, -0.2) is 49.8 Å². The molecule has 0 aliphatic carbocycles. The molecule has 0 fully saturated rings. The molecule has 2 heterocycles. The van der Waals surface area contributed by atoms with Crippen molar-refractivity contribution in [2.24, 2.45) is 0 Å². The first-order chi connectivity index (χ1) is 16.6. The highest BCUT2D eigenvalue weighted by atomic mass is 16.5. The van der Waals surface area contributed by atoms with Crippen LogP contribution in [0.3, 0.4) is 0 Å². The van der Waals surface area contributed by atoms with Crippen molar-refractivity contribution in [3.63, 3.8) is 0 Å². The van der Waals surface area contributed by atoms with Gasteiger partial charge in [0.15, 0.2) is 11.6 Å². The van der Waals surface area contributed by atoms with Crippen LogP contribution in [0, 0.1) is 0 Å². The molecule has 0 atom stereocenters. The van der Waals surface area contributed by atoms with Gasteiger partial charge in [0.25, 0.3) is 0 Å². The van der Waals surface area contributed by atoms with E-state index in [1.54, 1.807) is 32.5 Å². The van der Waals surface area contributed by atoms with E-state index < -0.39 is 0 Å². The Bertz CT molecular complexity index is 1180. The number of anilines is 6. The molecule has 0 unspecified atom stereocenters. The summed E-state index contributed by atoms with van der Waals surface area (Å²) in [6.07, 6.45) is 3.80. The maximum atomic E-state index is 11.7. The van der Waals surface area contributed by atoms with Crippen molar-refractivity contribution in [1.82, 2.24) is 9.97 Å². The monoisotopic (exact) mass is 460 g/mol. The SMILES string of the molecule is C=CC(=O)Nc1cccc(Nc2nc(N(CCOC)c3cccc4c3CCN4)ncc2OC)c1. The third-order valence-corrected chi connectivity index (χ3v) is 5.43. The Labute approximate surface area is 198 Å². The third kappa shape index (κ3) is 5.10. The van der Waals surface area contributed by atoms with Gasteiger partial charge in [-0.2, -0.15) is 4.98 Å². The molecule has 0 bridgehead atoms. The van der Waals surface area contributed by atoms with Crippen LogP contribution in [0.5, 0.6) is 5.75 Å². The van der Waals surface area contributed by atoms with Gasteiger partial charge in [-0.05, 0) is 42.8 Å². The normalized spacial score (nSPS) is 11.8. The number of aromatic nitrogens is 2. The summed E-state index contributed by atoms with van der Waals surface area (Å²) >= 11 is 0. The van der Waals surface area contributed by atoms with Gasteiger partial charge < -0.3 is 30.3 Å². The van der Waals surface area contributed by atoms with Crippen LogP contribution >= 0.6 is 0 Å². The van der Waals surface area contributed by atoms with Gasteiger partial charge in [0, 0.05) is 48.5 Å². The summed E-state index contributed by atoms with van der Waals surface area (Å²) in [4.78, 5) is 23.1. The molecular formula is C25H28N6O3. The van der Waals surface area contributed by atoms with E-state index in [1.165, 1.54) is 11.6 Å². The highest BCUT2D eigenvalue weighted by Crippen LogP contribution is 2.36. The number of ether oxygens (including phenoxy) is 2. The molecule has 0 radical (unpaired) electrons. The fraction of sp³-hybridized carbons (Fsp3) is 0.240. The first-order valence-electron chi connectivity index (χ1n) is 11.0. The average Bonchev–Trinajstić information content (AvgIpc) is 3.34.